The van der Waals surface area contributed by atoms with Crippen LogP contribution < -0.4 is 10.6 Å². The van der Waals surface area contributed by atoms with Crippen LogP contribution in [0.3, 0.4) is 0 Å². The van der Waals surface area contributed by atoms with Gasteiger partial charge in [0.1, 0.15) is 0 Å². The van der Waals surface area contributed by atoms with Crippen LogP contribution in [0.25, 0.3) is 0 Å². The van der Waals surface area contributed by atoms with Gasteiger partial charge in [-0.05, 0) is 26.0 Å². The maximum atomic E-state index is 11.6. The Hall–Kier alpha value is -2.50. The summed E-state index contributed by atoms with van der Waals surface area (Å²) < 4.78 is 0. The minimum Gasteiger partial charge on any atom is -0.326 e. The highest BCUT2D eigenvalue weighted by Gasteiger charge is 2.17. The monoisotopic (exact) mass is 276 g/mol. The van der Waals surface area contributed by atoms with Crippen LogP contribution in [0.15, 0.2) is 12.1 Å². The van der Waals surface area contributed by atoms with Crippen molar-refractivity contribution in [3.63, 3.8) is 0 Å². The molecule has 106 valence electrons. The number of amides is 2. The molecule has 2 N–H and O–H groups in total. The predicted molar refractivity (Wildman–Crippen MR) is 75.1 cm³/mol. The van der Waals surface area contributed by atoms with E-state index in [2.05, 4.69) is 10.6 Å². The van der Waals surface area contributed by atoms with Gasteiger partial charge < -0.3 is 10.6 Å². The molecule has 0 spiro atoms. The minimum atomic E-state index is -0.350. The van der Waals surface area contributed by atoms with E-state index in [-0.39, 0.29) is 45.9 Å². The highest BCUT2D eigenvalue weighted by atomic mass is 16.2. The molecule has 1 aromatic carbocycles. The molecule has 2 amide bonds. The molecule has 0 bridgehead atoms. The van der Waals surface area contributed by atoms with E-state index in [1.165, 1.54) is 39.8 Å². The SMILES string of the molecule is CC(=O)Nc1cc(NC(C)=O)c(C(C)=O)cc1C(C)=O. The first kappa shape index (κ1) is 15.6. The van der Waals surface area contributed by atoms with Crippen LogP contribution in [-0.4, -0.2) is 23.4 Å². The number of anilines is 2. The van der Waals surface area contributed by atoms with E-state index in [4.69, 9.17) is 0 Å². The van der Waals surface area contributed by atoms with Gasteiger partial charge in [-0.25, -0.2) is 0 Å². The van der Waals surface area contributed by atoms with Gasteiger partial charge >= 0.3 is 0 Å². The molecule has 0 heterocycles. The molecule has 0 radical (unpaired) electrons. The Morgan fingerprint density at radius 3 is 1.30 bits per heavy atom. The molecule has 0 aliphatic heterocycles. The molecule has 0 saturated heterocycles. The van der Waals surface area contributed by atoms with Crippen molar-refractivity contribution >= 4 is 34.8 Å². The predicted octanol–water partition coefficient (Wildman–Crippen LogP) is 2.01. The van der Waals surface area contributed by atoms with Gasteiger partial charge in [0.05, 0.1) is 11.4 Å². The number of nitrogens with one attached hydrogen (secondary N) is 2. The lowest BCUT2D eigenvalue weighted by atomic mass is 10.0. The van der Waals surface area contributed by atoms with Gasteiger partial charge in [-0.2, -0.15) is 0 Å². The van der Waals surface area contributed by atoms with Gasteiger partial charge in [0.25, 0.3) is 0 Å². The Morgan fingerprint density at radius 2 is 1.05 bits per heavy atom. The van der Waals surface area contributed by atoms with E-state index in [9.17, 15) is 19.2 Å². The minimum absolute atomic E-state index is 0.222. The number of benzene rings is 1. The first-order chi connectivity index (χ1) is 9.22. The number of hydrogen-bond donors (Lipinski definition) is 2. The van der Waals surface area contributed by atoms with Gasteiger partial charge in [-0.1, -0.05) is 0 Å². The molecule has 0 aliphatic carbocycles. The summed E-state index contributed by atoms with van der Waals surface area (Å²) in [6, 6.07) is 2.79. The molecular weight excluding hydrogens is 260 g/mol. The fraction of sp³-hybridized carbons (Fsp3) is 0.286. The molecule has 0 aromatic heterocycles. The summed E-state index contributed by atoms with van der Waals surface area (Å²) in [5.74, 6) is -1.27. The largest absolute Gasteiger partial charge is 0.326 e. The fourth-order valence-electron chi connectivity index (χ4n) is 1.77. The number of rotatable bonds is 4. The molecule has 20 heavy (non-hydrogen) atoms. The fourth-order valence-corrected chi connectivity index (χ4v) is 1.77. The van der Waals surface area contributed by atoms with Gasteiger partial charge in [0, 0.05) is 25.0 Å². The van der Waals surface area contributed by atoms with Crippen LogP contribution in [0.1, 0.15) is 48.4 Å². The second-order valence-corrected chi connectivity index (χ2v) is 4.42. The van der Waals surface area contributed by atoms with Gasteiger partial charge in [-0.3, -0.25) is 19.2 Å². The van der Waals surface area contributed by atoms with Crippen LogP contribution in [0, 0.1) is 0 Å². The third-order valence-corrected chi connectivity index (χ3v) is 2.54. The average molecular weight is 276 g/mol. The summed E-state index contributed by atoms with van der Waals surface area (Å²) in [4.78, 5) is 45.5. The molecule has 0 saturated carbocycles. The first-order valence-corrected chi connectivity index (χ1v) is 5.97. The third-order valence-electron chi connectivity index (χ3n) is 2.54. The maximum Gasteiger partial charge on any atom is 0.221 e. The molecule has 6 heteroatoms. The number of ketones is 2. The molecule has 1 aromatic rings. The van der Waals surface area contributed by atoms with Crippen molar-refractivity contribution < 1.29 is 19.2 Å². The van der Waals surface area contributed by atoms with E-state index in [0.717, 1.165) is 0 Å². The Kier molecular flexibility index (Phi) is 4.74. The van der Waals surface area contributed by atoms with Crippen LogP contribution in [0.2, 0.25) is 0 Å². The lowest BCUT2D eigenvalue weighted by molar-refractivity contribution is -0.115. The van der Waals surface area contributed by atoms with Crippen molar-refractivity contribution in [3.8, 4) is 0 Å². The van der Waals surface area contributed by atoms with Crippen molar-refractivity contribution in [1.82, 2.24) is 0 Å². The maximum absolute atomic E-state index is 11.6. The molecule has 0 fully saturated rings. The summed E-state index contributed by atoms with van der Waals surface area (Å²) in [6.07, 6.45) is 0. The van der Waals surface area contributed by atoms with E-state index in [1.807, 2.05) is 0 Å². The second kappa shape index (κ2) is 6.10. The van der Waals surface area contributed by atoms with Crippen molar-refractivity contribution in [2.45, 2.75) is 27.7 Å². The summed E-state index contributed by atoms with van der Waals surface area (Å²) in [5.41, 5.74) is 0.969. The Bertz CT molecular complexity index is 556. The standard InChI is InChI=1S/C14H16N2O4/c1-7(17)11-5-12(8(2)18)14(16-10(4)20)6-13(11)15-9(3)19/h5-6H,1-4H3,(H,15,19)(H,16,20). The zero-order chi connectivity index (χ0) is 15.4. The Morgan fingerprint density at radius 1 is 0.700 bits per heavy atom. The number of carbonyl (C=O) groups excluding carboxylic acids is 4. The summed E-state index contributed by atoms with van der Waals surface area (Å²) >= 11 is 0. The van der Waals surface area contributed by atoms with Crippen LogP contribution in [0.4, 0.5) is 11.4 Å². The van der Waals surface area contributed by atoms with Gasteiger partial charge in [0.2, 0.25) is 11.8 Å². The summed E-state index contributed by atoms with van der Waals surface area (Å²) in [7, 11) is 0. The van der Waals surface area contributed by atoms with E-state index >= 15 is 0 Å². The first-order valence-electron chi connectivity index (χ1n) is 5.97. The number of carbonyl (C=O) groups is 4. The van der Waals surface area contributed by atoms with E-state index in [1.54, 1.807) is 0 Å². The lowest BCUT2D eigenvalue weighted by Crippen LogP contribution is -2.15. The van der Waals surface area contributed by atoms with E-state index < -0.39 is 0 Å². The summed E-state index contributed by atoms with van der Waals surface area (Å²) in [5, 5.41) is 5.02. The normalized spacial score (nSPS) is 9.80. The van der Waals surface area contributed by atoms with Crippen molar-refractivity contribution in [3.05, 3.63) is 23.3 Å². The highest BCUT2D eigenvalue weighted by molar-refractivity contribution is 6.10. The van der Waals surface area contributed by atoms with Gasteiger partial charge in [-0.15, -0.1) is 0 Å². The van der Waals surface area contributed by atoms with Crippen LogP contribution in [0.5, 0.6) is 0 Å². The smallest absolute Gasteiger partial charge is 0.221 e. The average Bonchev–Trinajstić information content (AvgIpc) is 2.26. The third kappa shape index (κ3) is 3.74. The van der Waals surface area contributed by atoms with Crippen molar-refractivity contribution in [1.29, 1.82) is 0 Å². The highest BCUT2D eigenvalue weighted by Crippen LogP contribution is 2.27. The zero-order valence-corrected chi connectivity index (χ0v) is 11.8. The second-order valence-electron chi connectivity index (χ2n) is 4.42. The van der Waals surface area contributed by atoms with Gasteiger partial charge in [0.15, 0.2) is 11.6 Å². The quantitative estimate of drug-likeness (QED) is 0.823. The number of Topliss-reactive ketones (excluding diaryl/α,β-unsaturated/α-hetero) is 2. The molecule has 1 rings (SSSR count). The number of hydrogen-bond acceptors (Lipinski definition) is 4. The van der Waals surface area contributed by atoms with Crippen molar-refractivity contribution in [2.75, 3.05) is 10.6 Å². The molecule has 6 nitrogen and oxygen atoms in total. The van der Waals surface area contributed by atoms with Crippen LogP contribution in [-0.2, 0) is 9.59 Å². The Balaban J connectivity index is 3.50. The van der Waals surface area contributed by atoms with E-state index in [0.29, 0.717) is 0 Å². The molecule has 0 aliphatic rings. The summed E-state index contributed by atoms with van der Waals surface area (Å²) in [6.45, 7) is 5.28. The Labute approximate surface area is 116 Å². The molecule has 0 unspecified atom stereocenters. The zero-order valence-electron chi connectivity index (χ0n) is 11.8. The molecular formula is C14H16N2O4. The topological polar surface area (TPSA) is 92.3 Å². The van der Waals surface area contributed by atoms with Crippen LogP contribution >= 0.6 is 0 Å². The molecule has 0 atom stereocenters. The van der Waals surface area contributed by atoms with Crippen molar-refractivity contribution in [2.24, 2.45) is 0 Å². The lowest BCUT2D eigenvalue weighted by Gasteiger charge is -2.14.